The van der Waals surface area contributed by atoms with Gasteiger partial charge >= 0.3 is 11.9 Å². The Morgan fingerprint density at radius 1 is 0.649 bits per heavy atom. The number of carbonyl (C=O) groups excluding carboxylic acids is 15. The lowest BCUT2D eigenvalue weighted by molar-refractivity contribution is -0.155. The lowest BCUT2D eigenvalue weighted by atomic mass is 9.96. The van der Waals surface area contributed by atoms with Crippen LogP contribution in [0.15, 0.2) is 72.9 Å². The van der Waals surface area contributed by atoms with Crippen molar-refractivity contribution in [1.29, 1.82) is 0 Å². The van der Waals surface area contributed by atoms with Crippen LogP contribution in [-0.4, -0.2) is 245 Å². The van der Waals surface area contributed by atoms with Crippen molar-refractivity contribution in [1.82, 2.24) is 73.6 Å². The Labute approximate surface area is 674 Å². The third-order valence-electron chi connectivity index (χ3n) is 19.9. The van der Waals surface area contributed by atoms with Crippen molar-refractivity contribution in [2.24, 2.45) is 23.7 Å². The topological polar surface area (TPSA) is 483 Å². The maximum absolute atomic E-state index is 15.1. The molecule has 114 heavy (non-hydrogen) atoms. The van der Waals surface area contributed by atoms with Crippen LogP contribution in [-0.2, 0) is 99.0 Å². The maximum atomic E-state index is 15.1. The van der Waals surface area contributed by atoms with Gasteiger partial charge in [-0.1, -0.05) is 163 Å². The van der Waals surface area contributed by atoms with E-state index >= 15 is 4.79 Å². The molecule has 2 aliphatic heterocycles. The zero-order valence-electron chi connectivity index (χ0n) is 67.6. The number of hydrogen-bond donors (Lipinski definition) is 14. The Morgan fingerprint density at radius 2 is 1.19 bits per heavy atom. The smallest absolute Gasteiger partial charge is 0.331 e. The highest BCUT2D eigenvalue weighted by Crippen LogP contribution is 2.26. The molecule has 0 aromatic heterocycles. The number of likely N-dealkylation sites (N-methyl/N-ethyl adjacent to an activating group) is 1. The highest BCUT2D eigenvalue weighted by Gasteiger charge is 2.43. The molecule has 4 rings (SSSR count). The summed E-state index contributed by atoms with van der Waals surface area (Å²) in [6.45, 7) is 21.9. The van der Waals surface area contributed by atoms with Crippen LogP contribution in [0.2, 0.25) is 0 Å². The van der Waals surface area contributed by atoms with Crippen LogP contribution in [0.3, 0.4) is 0 Å². The lowest BCUT2D eigenvalue weighted by Crippen LogP contribution is -2.62. The predicted octanol–water partition coefficient (Wildman–Crippen LogP) is 0.717. The second-order valence-electron chi connectivity index (χ2n) is 29.5. The molecule has 0 bridgehead atoms. The lowest BCUT2D eigenvalue weighted by Gasteiger charge is -2.35. The average Bonchev–Trinajstić information content (AvgIpc) is 1.08. The number of aliphatic hydroxyl groups excluding tert-OH is 1. The summed E-state index contributed by atoms with van der Waals surface area (Å²) in [7, 11) is 4.32. The largest absolute Gasteiger partial charge is 0.481 e. The third-order valence-corrected chi connectivity index (χ3v) is 22.3. The molecule has 36 heteroatoms. The minimum Gasteiger partial charge on any atom is -0.481 e. The minimum atomic E-state index is -1.75. The number of benzene rings is 2. The monoisotopic (exact) mass is 1630 g/mol. The van der Waals surface area contributed by atoms with Crippen LogP contribution < -0.4 is 63.8 Å². The minimum absolute atomic E-state index is 0.00956. The van der Waals surface area contributed by atoms with Crippen molar-refractivity contribution < 1.29 is 96.4 Å². The number of carboxylic acid groups (broad SMARTS) is 1. The summed E-state index contributed by atoms with van der Waals surface area (Å²) in [6.07, 6.45) is -1.76. The van der Waals surface area contributed by atoms with Gasteiger partial charge in [0.1, 0.15) is 72.6 Å². The van der Waals surface area contributed by atoms with Gasteiger partial charge in [0.15, 0.2) is 6.04 Å². The zero-order valence-corrected chi connectivity index (χ0v) is 69.3. The number of methoxy groups -OCH3 is 1. The Bertz CT molecular complexity index is 3660. The Morgan fingerprint density at radius 3 is 1.75 bits per heavy atom. The fourth-order valence-electron chi connectivity index (χ4n) is 12.3. The van der Waals surface area contributed by atoms with Crippen molar-refractivity contribution in [3.05, 3.63) is 84.1 Å². The van der Waals surface area contributed by atoms with E-state index in [2.05, 4.69) is 70.4 Å². The van der Waals surface area contributed by atoms with E-state index in [1.165, 1.54) is 46.8 Å². The molecule has 2 aromatic rings. The second kappa shape index (κ2) is 48.5. The molecule has 0 saturated carbocycles. The predicted molar refractivity (Wildman–Crippen MR) is 426 cm³/mol. The first-order chi connectivity index (χ1) is 53.9. The van der Waals surface area contributed by atoms with Crippen molar-refractivity contribution in [2.75, 3.05) is 45.4 Å². The van der Waals surface area contributed by atoms with Gasteiger partial charge in [-0.3, -0.25) is 71.9 Å². The molecule has 2 aromatic carbocycles. The fourth-order valence-corrected chi connectivity index (χ4v) is 14.7. The number of carboxylic acids is 1. The first kappa shape index (κ1) is 96.7. The van der Waals surface area contributed by atoms with Gasteiger partial charge in [0, 0.05) is 58.4 Å². The van der Waals surface area contributed by atoms with Crippen LogP contribution in [0.5, 0.6) is 0 Å². The van der Waals surface area contributed by atoms with E-state index in [0.29, 0.717) is 30.4 Å². The Balaban J connectivity index is 1.87. The SMILES string of the molecule is C=C1NC(=O)C([C@@H](C)CC)NC(=O)[C@@H](NC(=O)[C@@H]2CCCN2C(=O)[C@@H](Cc2ccccc2)NC(C)=O)CSSC[C@H](NC(=O)CCC(=O)O)C(=O)N[C@H](Cc2ccccc2)C(=O)N[C@H](C)C(=O)NC(C[C@@H](C)CC)C(=O)NC[C@@H](C)OC(=O)[C@H](CO)NC(=O)[C@H]([C@@H](C)OC)N(C)C(=O)[C@@H](C(C)C)NC(=O)[C@H](C[C@H](C)CC)NC1=O. The highest BCUT2D eigenvalue weighted by molar-refractivity contribution is 8.76. The Kier molecular flexibility index (Phi) is 41.1. The number of ether oxygens (including phenoxy) is 2. The molecule has 17 atom stereocenters. The number of nitrogens with zero attached hydrogens (tertiary/aromatic N) is 2. The standard InChI is InChI=1S/C78H118N14O20S2/c1-16-43(6)34-53-68(100)79-38-46(9)112-78(110)57(39-93)87-75(107)65(49(12)111-15)91(14)77(109)63(42(4)5)89-70(102)54(35-44(7)17-2)85-67(99)48(11)81-74(106)64(45(8)18-3)90-72(104)59(88-73(105)60-30-25-33-92(60)76(108)56(82-50(13)94)37-52-28-23-20-24-29-52)41-114-113-40-58(83-61(95)31-32-62(96)97)71(103)86-55(36-51-26-21-19-22-27-51)69(101)80-47(10)66(98)84-53/h19-24,26-29,42-47,49,53-60,63-65,93H,11,16-18,25,30-41H2,1-10,12-15H3,(H,79,100)(H,80,101)(H,81,106)(H,82,94)(H,83,95)(H,84,98)(H,85,99)(H,86,103)(H,87,107)(H,88,105)(H,89,102)(H,90,104)(H,96,97)/t43-,44+,45-,46+,47+,49+,53?,54-,55+,56+,57-,58-,59-,60-,63+,64?,65-/m0/s1. The summed E-state index contributed by atoms with van der Waals surface area (Å²) in [5.41, 5.74) is 0.656. The van der Waals surface area contributed by atoms with E-state index in [9.17, 15) is 82.1 Å². The van der Waals surface area contributed by atoms with Crippen molar-refractivity contribution in [3.8, 4) is 0 Å². The molecule has 34 nitrogen and oxygen atoms in total. The average molecular weight is 1640 g/mol. The van der Waals surface area contributed by atoms with Gasteiger partial charge in [-0.05, 0) is 81.3 Å². The molecular weight excluding hydrogens is 1520 g/mol. The van der Waals surface area contributed by atoms with Gasteiger partial charge in [0.2, 0.25) is 76.8 Å². The van der Waals surface area contributed by atoms with E-state index in [1.54, 1.807) is 95.3 Å². The quantitative estimate of drug-likeness (QED) is 0.0391. The number of aliphatic carboxylic acids is 1. The molecule has 2 unspecified atom stereocenters. The molecule has 14 amide bonds. The van der Waals surface area contributed by atoms with Crippen LogP contribution in [0.25, 0.3) is 0 Å². The summed E-state index contributed by atoms with van der Waals surface area (Å²) < 4.78 is 11.1. The fraction of sp³-hybridized carbons (Fsp3) is 0.615. The van der Waals surface area contributed by atoms with Crippen molar-refractivity contribution >= 4 is 116 Å². The molecule has 2 aliphatic rings. The number of likely N-dealkylation sites (tertiary alicyclic amines) is 1. The van der Waals surface area contributed by atoms with Crippen LogP contribution >= 0.6 is 21.6 Å². The van der Waals surface area contributed by atoms with E-state index in [4.69, 9.17) is 9.47 Å². The van der Waals surface area contributed by atoms with Crippen molar-refractivity contribution in [2.45, 2.75) is 238 Å². The number of aliphatic hydroxyl groups is 1. The Hall–Kier alpha value is -9.68. The zero-order chi connectivity index (χ0) is 85.2. The highest BCUT2D eigenvalue weighted by atomic mass is 33.1. The van der Waals surface area contributed by atoms with Gasteiger partial charge in [-0.25, -0.2) is 4.79 Å². The molecular formula is C78H118N14O20S2. The van der Waals surface area contributed by atoms with E-state index < -0.39 is 216 Å². The molecule has 2 fully saturated rings. The van der Waals surface area contributed by atoms with Crippen LogP contribution in [0.4, 0.5) is 0 Å². The van der Waals surface area contributed by atoms with Gasteiger partial charge < -0.3 is 93.3 Å². The molecule has 0 spiro atoms. The van der Waals surface area contributed by atoms with Gasteiger partial charge in [0.05, 0.1) is 31.4 Å². The molecule has 14 N–H and O–H groups in total. The summed E-state index contributed by atoms with van der Waals surface area (Å²) in [6, 6.07) is 0.0875. The van der Waals surface area contributed by atoms with E-state index in [1.807, 2.05) is 20.8 Å². The van der Waals surface area contributed by atoms with E-state index in [0.717, 1.165) is 26.5 Å². The van der Waals surface area contributed by atoms with Gasteiger partial charge in [-0.15, -0.1) is 0 Å². The molecule has 2 heterocycles. The number of nitrogens with one attached hydrogen (secondary N) is 12. The van der Waals surface area contributed by atoms with E-state index in [-0.39, 0.29) is 75.0 Å². The molecule has 0 radical (unpaired) electrons. The number of hydrogen-bond acceptors (Lipinski definition) is 21. The normalized spacial score (nSPS) is 25.4. The summed E-state index contributed by atoms with van der Waals surface area (Å²) in [5.74, 6) is -16.9. The first-order valence-electron chi connectivity index (χ1n) is 38.6. The maximum Gasteiger partial charge on any atom is 0.331 e. The summed E-state index contributed by atoms with van der Waals surface area (Å²) >= 11 is 0. The van der Waals surface area contributed by atoms with Crippen LogP contribution in [0.1, 0.15) is 152 Å². The molecule has 0 aliphatic carbocycles. The van der Waals surface area contributed by atoms with Gasteiger partial charge in [0.25, 0.3) is 5.91 Å². The number of carbonyl (C=O) groups is 16. The first-order valence-corrected chi connectivity index (χ1v) is 41.1. The number of amides is 14. The number of esters is 1. The molecule has 632 valence electrons. The second-order valence-corrected chi connectivity index (χ2v) is 32.0. The van der Waals surface area contributed by atoms with Crippen LogP contribution in [0, 0.1) is 23.7 Å². The van der Waals surface area contributed by atoms with Gasteiger partial charge in [-0.2, -0.15) is 0 Å². The number of cyclic esters (lactones) is 1. The molecule has 2 saturated heterocycles. The summed E-state index contributed by atoms with van der Waals surface area (Å²) in [4.78, 5) is 228. The summed E-state index contributed by atoms with van der Waals surface area (Å²) in [5, 5.41) is 51.6. The number of rotatable bonds is 24. The van der Waals surface area contributed by atoms with Crippen molar-refractivity contribution in [3.63, 3.8) is 0 Å². The third kappa shape index (κ3) is 31.3.